The van der Waals surface area contributed by atoms with E-state index in [0.717, 1.165) is 38.2 Å². The molecule has 0 spiro atoms. The standard InChI is InChI=1S/C9H14N4O/c14-7-10-4-2-8-6-12-13-5-1-3-11-9(8)13/h6-7,11H,1-5H2,(H,10,14). The molecule has 1 aromatic rings. The number of hydrogen-bond donors (Lipinski definition) is 2. The molecule has 0 aromatic carbocycles. The van der Waals surface area contributed by atoms with Crippen molar-refractivity contribution in [2.45, 2.75) is 19.4 Å². The van der Waals surface area contributed by atoms with Crippen LogP contribution in [0.3, 0.4) is 0 Å². The molecule has 1 amide bonds. The minimum absolute atomic E-state index is 0.671. The summed E-state index contributed by atoms with van der Waals surface area (Å²) in [5.41, 5.74) is 1.18. The Morgan fingerprint density at radius 2 is 2.64 bits per heavy atom. The molecule has 0 aliphatic carbocycles. The van der Waals surface area contributed by atoms with Gasteiger partial charge in [-0.05, 0) is 12.8 Å². The lowest BCUT2D eigenvalue weighted by atomic mass is 10.2. The number of aromatic nitrogens is 2. The molecule has 5 heteroatoms. The lowest BCUT2D eigenvalue weighted by molar-refractivity contribution is -0.109. The molecule has 0 bridgehead atoms. The molecule has 0 unspecified atom stereocenters. The lowest BCUT2D eigenvalue weighted by Crippen LogP contribution is -2.19. The van der Waals surface area contributed by atoms with Gasteiger partial charge in [-0.15, -0.1) is 0 Å². The van der Waals surface area contributed by atoms with Gasteiger partial charge in [0.1, 0.15) is 5.82 Å². The minimum Gasteiger partial charge on any atom is -0.370 e. The molecule has 2 heterocycles. The summed E-state index contributed by atoms with van der Waals surface area (Å²) in [7, 11) is 0. The van der Waals surface area contributed by atoms with E-state index in [1.54, 1.807) is 0 Å². The van der Waals surface area contributed by atoms with E-state index >= 15 is 0 Å². The fourth-order valence-electron chi connectivity index (χ4n) is 1.68. The molecule has 2 N–H and O–H groups in total. The SMILES string of the molecule is O=CNCCc1cnn2c1NCCC2. The Morgan fingerprint density at radius 1 is 1.71 bits per heavy atom. The molecule has 1 aliphatic heterocycles. The highest BCUT2D eigenvalue weighted by Gasteiger charge is 2.13. The maximum absolute atomic E-state index is 10.1. The molecule has 14 heavy (non-hydrogen) atoms. The predicted octanol–water partition coefficient (Wildman–Crippen LogP) is -0.0128. The molecule has 5 nitrogen and oxygen atoms in total. The largest absolute Gasteiger partial charge is 0.370 e. The number of carbonyl (C=O) groups is 1. The summed E-state index contributed by atoms with van der Waals surface area (Å²) in [6.45, 7) is 2.67. The van der Waals surface area contributed by atoms with Crippen molar-refractivity contribution in [1.29, 1.82) is 0 Å². The first-order valence-electron chi connectivity index (χ1n) is 4.87. The van der Waals surface area contributed by atoms with Crippen molar-refractivity contribution in [1.82, 2.24) is 15.1 Å². The van der Waals surface area contributed by atoms with Gasteiger partial charge in [0.15, 0.2) is 0 Å². The monoisotopic (exact) mass is 194 g/mol. The number of nitrogens with zero attached hydrogens (tertiary/aromatic N) is 2. The third kappa shape index (κ3) is 1.71. The number of nitrogens with one attached hydrogen (secondary N) is 2. The normalized spacial score (nSPS) is 14.3. The maximum atomic E-state index is 10.1. The molecule has 76 valence electrons. The number of fused-ring (bicyclic) bond motifs is 1. The summed E-state index contributed by atoms with van der Waals surface area (Å²) in [6.07, 6.45) is 4.56. The van der Waals surface area contributed by atoms with Gasteiger partial charge in [-0.25, -0.2) is 4.68 Å². The Kier molecular flexibility index (Phi) is 2.67. The van der Waals surface area contributed by atoms with Crippen LogP contribution in [0.15, 0.2) is 6.20 Å². The Hall–Kier alpha value is -1.52. The van der Waals surface area contributed by atoms with E-state index in [-0.39, 0.29) is 0 Å². The number of carbonyl (C=O) groups excluding carboxylic acids is 1. The number of aryl methyl sites for hydroxylation is 1. The van der Waals surface area contributed by atoms with Crippen LogP contribution in [0.5, 0.6) is 0 Å². The topological polar surface area (TPSA) is 59.0 Å². The van der Waals surface area contributed by atoms with E-state index in [1.165, 1.54) is 5.56 Å². The second kappa shape index (κ2) is 4.13. The van der Waals surface area contributed by atoms with Gasteiger partial charge in [-0.1, -0.05) is 0 Å². The van der Waals surface area contributed by atoms with Gasteiger partial charge in [0.25, 0.3) is 0 Å². The summed E-state index contributed by atoms with van der Waals surface area (Å²) in [5, 5.41) is 10.2. The summed E-state index contributed by atoms with van der Waals surface area (Å²) in [5.74, 6) is 1.11. The van der Waals surface area contributed by atoms with Crippen LogP contribution >= 0.6 is 0 Å². The van der Waals surface area contributed by atoms with Gasteiger partial charge < -0.3 is 10.6 Å². The first-order chi connectivity index (χ1) is 6.92. The van der Waals surface area contributed by atoms with E-state index in [4.69, 9.17) is 0 Å². The maximum Gasteiger partial charge on any atom is 0.207 e. The van der Waals surface area contributed by atoms with Crippen LogP contribution in [-0.2, 0) is 17.8 Å². The quantitative estimate of drug-likeness (QED) is 0.523. The summed E-state index contributed by atoms with van der Waals surface area (Å²) in [4.78, 5) is 10.1. The Labute approximate surface area is 82.5 Å². The molecule has 0 saturated carbocycles. The number of anilines is 1. The number of rotatable bonds is 4. The van der Waals surface area contributed by atoms with Crippen LogP contribution in [0.1, 0.15) is 12.0 Å². The Bertz CT molecular complexity index is 321. The van der Waals surface area contributed by atoms with Crippen molar-refractivity contribution < 1.29 is 4.79 Å². The van der Waals surface area contributed by atoms with Gasteiger partial charge >= 0.3 is 0 Å². The van der Waals surface area contributed by atoms with Crippen LogP contribution < -0.4 is 10.6 Å². The molecular weight excluding hydrogens is 180 g/mol. The fraction of sp³-hybridized carbons (Fsp3) is 0.556. The highest BCUT2D eigenvalue weighted by molar-refractivity contribution is 5.47. The van der Waals surface area contributed by atoms with Crippen molar-refractivity contribution in [3.63, 3.8) is 0 Å². The van der Waals surface area contributed by atoms with Crippen LogP contribution in [0.4, 0.5) is 5.82 Å². The van der Waals surface area contributed by atoms with E-state index in [9.17, 15) is 4.79 Å². The van der Waals surface area contributed by atoms with Gasteiger partial charge in [0, 0.05) is 25.2 Å². The fourth-order valence-corrected chi connectivity index (χ4v) is 1.68. The molecule has 2 rings (SSSR count). The molecule has 1 aromatic heterocycles. The summed E-state index contributed by atoms with van der Waals surface area (Å²) in [6, 6.07) is 0. The Morgan fingerprint density at radius 3 is 3.50 bits per heavy atom. The zero-order valence-corrected chi connectivity index (χ0v) is 7.99. The molecule has 1 aliphatic rings. The van der Waals surface area contributed by atoms with E-state index in [1.807, 2.05) is 10.9 Å². The highest BCUT2D eigenvalue weighted by Crippen LogP contribution is 2.18. The third-order valence-electron chi connectivity index (χ3n) is 2.38. The zero-order valence-electron chi connectivity index (χ0n) is 7.99. The van der Waals surface area contributed by atoms with E-state index in [2.05, 4.69) is 15.7 Å². The third-order valence-corrected chi connectivity index (χ3v) is 2.38. The molecule has 0 saturated heterocycles. The average molecular weight is 194 g/mol. The number of hydrogen-bond acceptors (Lipinski definition) is 3. The van der Waals surface area contributed by atoms with Crippen LogP contribution in [0.25, 0.3) is 0 Å². The predicted molar refractivity (Wildman–Crippen MR) is 53.1 cm³/mol. The molecule has 0 atom stereocenters. The van der Waals surface area contributed by atoms with Gasteiger partial charge in [-0.3, -0.25) is 4.79 Å². The Balaban J connectivity index is 2.02. The lowest BCUT2D eigenvalue weighted by Gasteiger charge is -2.16. The van der Waals surface area contributed by atoms with Gasteiger partial charge in [0.05, 0.1) is 6.20 Å². The van der Waals surface area contributed by atoms with Crippen molar-refractivity contribution in [3.05, 3.63) is 11.8 Å². The van der Waals surface area contributed by atoms with E-state index < -0.39 is 0 Å². The van der Waals surface area contributed by atoms with Crippen molar-refractivity contribution in [2.24, 2.45) is 0 Å². The second-order valence-corrected chi connectivity index (χ2v) is 3.34. The van der Waals surface area contributed by atoms with Gasteiger partial charge in [-0.2, -0.15) is 5.10 Å². The minimum atomic E-state index is 0.671. The summed E-state index contributed by atoms with van der Waals surface area (Å²) >= 11 is 0. The van der Waals surface area contributed by atoms with Gasteiger partial charge in [0.2, 0.25) is 6.41 Å². The van der Waals surface area contributed by atoms with Crippen LogP contribution in [-0.4, -0.2) is 29.3 Å². The first kappa shape index (κ1) is 9.05. The zero-order chi connectivity index (χ0) is 9.80. The first-order valence-corrected chi connectivity index (χ1v) is 4.87. The average Bonchev–Trinajstić information content (AvgIpc) is 2.63. The molecule has 0 radical (unpaired) electrons. The van der Waals surface area contributed by atoms with Crippen LogP contribution in [0.2, 0.25) is 0 Å². The second-order valence-electron chi connectivity index (χ2n) is 3.34. The van der Waals surface area contributed by atoms with Crippen molar-refractivity contribution in [2.75, 3.05) is 18.4 Å². The molecular formula is C9H14N4O. The van der Waals surface area contributed by atoms with E-state index in [0.29, 0.717) is 6.54 Å². The number of amides is 1. The van der Waals surface area contributed by atoms with Crippen molar-refractivity contribution >= 4 is 12.2 Å². The summed E-state index contributed by atoms with van der Waals surface area (Å²) < 4.78 is 1.99. The highest BCUT2D eigenvalue weighted by atomic mass is 16.1. The molecule has 0 fully saturated rings. The van der Waals surface area contributed by atoms with Crippen LogP contribution in [0, 0.1) is 0 Å². The smallest absolute Gasteiger partial charge is 0.207 e. The van der Waals surface area contributed by atoms with Crippen molar-refractivity contribution in [3.8, 4) is 0 Å².